The molecule has 0 fully saturated rings. The fraction of sp³-hybridized carbons (Fsp3) is 0. The molecule has 0 saturated carbocycles. The quantitative estimate of drug-likeness (QED) is 0.596. The lowest BCUT2D eigenvalue weighted by molar-refractivity contribution is 0.103. The van der Waals surface area contributed by atoms with Gasteiger partial charge in [-0.15, -0.1) is 0 Å². The number of ketones is 1. The summed E-state index contributed by atoms with van der Waals surface area (Å²) in [6, 6.07) is 12.5. The third kappa shape index (κ3) is 0.979. The molecule has 1 unspecified atom stereocenters. The van der Waals surface area contributed by atoms with E-state index in [0.29, 0.717) is 16.9 Å². The summed E-state index contributed by atoms with van der Waals surface area (Å²) in [6.45, 7) is 0. The number of rotatable bonds is 2. The maximum atomic E-state index is 12.2. The van der Waals surface area contributed by atoms with Crippen LogP contribution in [0, 0.1) is 0 Å². The van der Waals surface area contributed by atoms with Gasteiger partial charge in [0.2, 0.25) is 0 Å². The van der Waals surface area contributed by atoms with Crippen molar-refractivity contribution in [2.45, 2.75) is 0 Å². The summed E-state index contributed by atoms with van der Waals surface area (Å²) >= 11 is 0. The lowest BCUT2D eigenvalue weighted by atomic mass is 10.0. The summed E-state index contributed by atoms with van der Waals surface area (Å²) in [6.07, 6.45) is 0. The zero-order valence-electron chi connectivity index (χ0n) is 8.71. The molecule has 2 aliphatic rings. The van der Waals surface area contributed by atoms with Crippen molar-refractivity contribution in [3.05, 3.63) is 53.6 Å². The van der Waals surface area contributed by atoms with Crippen LogP contribution >= 0.6 is 7.37 Å². The normalized spacial score (nSPS) is 22.1. The molecule has 82 valence electrons. The predicted molar refractivity (Wildman–Crippen MR) is 63.8 cm³/mol. The molecule has 0 N–H and O–H groups in total. The van der Waals surface area contributed by atoms with Crippen molar-refractivity contribution < 1.29 is 13.9 Å². The van der Waals surface area contributed by atoms with Gasteiger partial charge in [0.1, 0.15) is 5.30 Å². The second kappa shape index (κ2) is 2.69. The predicted octanol–water partition coefficient (Wildman–Crippen LogP) is 1.85. The minimum absolute atomic E-state index is 0.0819. The van der Waals surface area contributed by atoms with Crippen LogP contribution in [0.5, 0.6) is 5.75 Å². The van der Waals surface area contributed by atoms with Gasteiger partial charge >= 0.3 is 7.37 Å². The first-order valence-corrected chi connectivity index (χ1v) is 6.92. The lowest BCUT2D eigenvalue weighted by Crippen LogP contribution is -2.11. The molecule has 4 rings (SSSR count). The summed E-state index contributed by atoms with van der Waals surface area (Å²) in [4.78, 5) is 12.2. The van der Waals surface area contributed by atoms with Gasteiger partial charge in [-0.25, -0.2) is 0 Å². The Bertz CT molecular complexity index is 719. The largest absolute Gasteiger partial charge is 0.435 e. The highest BCUT2D eigenvalue weighted by atomic mass is 31.2. The van der Waals surface area contributed by atoms with Crippen molar-refractivity contribution in [3.63, 3.8) is 0 Å². The molecular weight excluding hydrogens is 235 g/mol. The molecule has 0 saturated heterocycles. The third-order valence-electron chi connectivity index (χ3n) is 3.17. The van der Waals surface area contributed by atoms with E-state index in [1.807, 2.05) is 18.2 Å². The van der Waals surface area contributed by atoms with Gasteiger partial charge in [-0.05, 0) is 12.1 Å². The first kappa shape index (κ1) is 9.20. The van der Waals surface area contributed by atoms with Gasteiger partial charge in [0.15, 0.2) is 11.5 Å². The Balaban J connectivity index is 1.84. The van der Waals surface area contributed by atoms with Crippen LogP contribution in [0.3, 0.4) is 0 Å². The van der Waals surface area contributed by atoms with Gasteiger partial charge in [-0.2, -0.15) is 0 Å². The molecule has 0 spiro atoms. The second-order valence-corrected chi connectivity index (χ2v) is 6.36. The molecule has 4 heteroatoms. The van der Waals surface area contributed by atoms with Crippen molar-refractivity contribution >= 4 is 23.8 Å². The summed E-state index contributed by atoms with van der Waals surface area (Å²) in [5.74, 6) is 0.446. The van der Waals surface area contributed by atoms with Crippen molar-refractivity contribution in [1.82, 2.24) is 0 Å². The van der Waals surface area contributed by atoms with E-state index in [9.17, 15) is 9.36 Å². The monoisotopic (exact) mass is 242 g/mol. The number of hydrogen-bond acceptors (Lipinski definition) is 3. The summed E-state index contributed by atoms with van der Waals surface area (Å²) in [5.41, 5.74) is 1.13. The second-order valence-electron chi connectivity index (χ2n) is 4.15. The van der Waals surface area contributed by atoms with Gasteiger partial charge < -0.3 is 4.52 Å². The van der Waals surface area contributed by atoms with E-state index in [2.05, 4.69) is 0 Å². The molecule has 0 aromatic heterocycles. The molecule has 0 aliphatic carbocycles. The molecule has 1 atom stereocenters. The van der Waals surface area contributed by atoms with E-state index in [-0.39, 0.29) is 5.78 Å². The molecule has 3 nitrogen and oxygen atoms in total. The molecule has 2 aromatic rings. The minimum Gasteiger partial charge on any atom is -0.435 e. The Hall–Kier alpha value is -1.86. The van der Waals surface area contributed by atoms with Crippen LogP contribution in [-0.2, 0) is 4.57 Å². The number of fused-ring (bicyclic) bond motifs is 1. The van der Waals surface area contributed by atoms with Crippen molar-refractivity contribution in [1.29, 1.82) is 0 Å². The van der Waals surface area contributed by atoms with E-state index in [1.165, 1.54) is 0 Å². The van der Waals surface area contributed by atoms with Gasteiger partial charge in [0, 0.05) is 5.56 Å². The van der Waals surface area contributed by atoms with Crippen LogP contribution in [0.4, 0.5) is 0 Å². The zero-order valence-corrected chi connectivity index (χ0v) is 9.61. The number of carbonyl (C=O) groups is 1. The molecule has 0 bridgehead atoms. The molecule has 2 heterocycles. The molecule has 0 radical (unpaired) electrons. The highest BCUT2D eigenvalue weighted by molar-refractivity contribution is 7.87. The van der Waals surface area contributed by atoms with Crippen molar-refractivity contribution in [3.8, 4) is 5.75 Å². The first-order chi connectivity index (χ1) is 8.22. The van der Waals surface area contributed by atoms with Crippen LogP contribution in [0.25, 0.3) is 0 Å². The number of benzene rings is 2. The Labute approximate surface area is 97.5 Å². The molecule has 2 aliphatic heterocycles. The van der Waals surface area contributed by atoms with Gasteiger partial charge in [0.25, 0.3) is 0 Å². The van der Waals surface area contributed by atoms with Gasteiger partial charge in [-0.3, -0.25) is 9.36 Å². The highest BCUT2D eigenvalue weighted by Gasteiger charge is 2.62. The Morgan fingerprint density at radius 3 is 2.59 bits per heavy atom. The molecular formula is C13H7O3P. The average molecular weight is 242 g/mol. The summed E-state index contributed by atoms with van der Waals surface area (Å²) in [5, 5.41) is 1.57. The molecule has 17 heavy (non-hydrogen) atoms. The fourth-order valence-corrected chi connectivity index (χ4v) is 4.32. The molecule has 2 aromatic carbocycles. The van der Waals surface area contributed by atoms with E-state index in [0.717, 1.165) is 10.6 Å². The SMILES string of the molecule is O=C(c1ccccc1)c1ccc2c3c1OP23=O. The lowest BCUT2D eigenvalue weighted by Gasteiger charge is -2.14. The van der Waals surface area contributed by atoms with Gasteiger partial charge in [-0.1, -0.05) is 30.3 Å². The highest BCUT2D eigenvalue weighted by Crippen LogP contribution is 2.67. The minimum atomic E-state index is -2.54. The van der Waals surface area contributed by atoms with Crippen molar-refractivity contribution in [2.75, 3.05) is 0 Å². The van der Waals surface area contributed by atoms with Crippen LogP contribution < -0.4 is 15.1 Å². The van der Waals surface area contributed by atoms with Crippen LogP contribution in [0.2, 0.25) is 0 Å². The Morgan fingerprint density at radius 1 is 1.06 bits per heavy atom. The average Bonchev–Trinajstić information content (AvgIpc) is 2.90. The first-order valence-electron chi connectivity index (χ1n) is 5.29. The van der Waals surface area contributed by atoms with Crippen LogP contribution in [0.1, 0.15) is 15.9 Å². The van der Waals surface area contributed by atoms with Gasteiger partial charge in [0.05, 0.1) is 10.9 Å². The smallest absolute Gasteiger partial charge is 0.312 e. The van der Waals surface area contributed by atoms with E-state index in [1.54, 1.807) is 24.3 Å². The Morgan fingerprint density at radius 2 is 1.82 bits per heavy atom. The van der Waals surface area contributed by atoms with Crippen LogP contribution in [-0.4, -0.2) is 5.78 Å². The Kier molecular flexibility index (Phi) is 1.45. The fourth-order valence-electron chi connectivity index (χ4n) is 2.22. The third-order valence-corrected chi connectivity index (χ3v) is 5.43. The number of hydrogen-bond donors (Lipinski definition) is 0. The maximum absolute atomic E-state index is 12.2. The standard InChI is InChI=1S/C13H7O3P/c14-11(8-4-2-1-3-5-8)9-6-7-10-13-12(9)16-17(10,13)15/h1-7H. The summed E-state index contributed by atoms with van der Waals surface area (Å²) in [7, 11) is -2.54. The van der Waals surface area contributed by atoms with Crippen molar-refractivity contribution in [2.24, 2.45) is 0 Å². The number of carbonyl (C=O) groups excluding carboxylic acids is 1. The maximum Gasteiger partial charge on any atom is 0.312 e. The van der Waals surface area contributed by atoms with E-state index < -0.39 is 7.37 Å². The summed E-state index contributed by atoms with van der Waals surface area (Å²) < 4.78 is 17.0. The zero-order chi connectivity index (χ0) is 11.6. The van der Waals surface area contributed by atoms with E-state index in [4.69, 9.17) is 4.52 Å². The topological polar surface area (TPSA) is 43.4 Å². The van der Waals surface area contributed by atoms with E-state index >= 15 is 0 Å². The van der Waals surface area contributed by atoms with Crippen LogP contribution in [0.15, 0.2) is 42.5 Å². The molecule has 0 amide bonds.